The number of nitrogens with two attached hydrogens (primary N) is 1. The lowest BCUT2D eigenvalue weighted by molar-refractivity contribution is 0.101. The van der Waals surface area contributed by atoms with E-state index in [2.05, 4.69) is 15.9 Å². The first kappa shape index (κ1) is 13.6. The van der Waals surface area contributed by atoms with Crippen LogP contribution in [-0.2, 0) is 6.61 Å². The van der Waals surface area contributed by atoms with E-state index in [0.29, 0.717) is 17.9 Å². The van der Waals surface area contributed by atoms with Crippen LogP contribution in [-0.4, -0.2) is 5.78 Å². The Morgan fingerprint density at radius 2 is 1.89 bits per heavy atom. The molecule has 0 amide bonds. The highest BCUT2D eigenvalue weighted by molar-refractivity contribution is 9.10. The number of carbonyl (C=O) groups is 1. The van der Waals surface area contributed by atoms with Crippen LogP contribution in [0.3, 0.4) is 0 Å². The molecule has 2 aromatic carbocycles. The number of carbonyl (C=O) groups excluding carboxylic acids is 1. The Balaban J connectivity index is 2.06. The Morgan fingerprint density at radius 1 is 1.21 bits per heavy atom. The molecule has 0 saturated heterocycles. The summed E-state index contributed by atoms with van der Waals surface area (Å²) in [6.45, 7) is 2.00. The first-order valence-corrected chi connectivity index (χ1v) is 6.63. The molecule has 2 N–H and O–H groups in total. The summed E-state index contributed by atoms with van der Waals surface area (Å²) in [7, 11) is 0. The maximum atomic E-state index is 11.3. The van der Waals surface area contributed by atoms with E-state index < -0.39 is 0 Å². The number of hydrogen-bond acceptors (Lipinski definition) is 3. The second kappa shape index (κ2) is 5.89. The summed E-state index contributed by atoms with van der Waals surface area (Å²) in [4.78, 5) is 11.3. The Hall–Kier alpha value is -1.81. The fourth-order valence-electron chi connectivity index (χ4n) is 1.65. The van der Waals surface area contributed by atoms with Crippen LogP contribution in [0.25, 0.3) is 0 Å². The number of halogens is 1. The maximum absolute atomic E-state index is 11.3. The van der Waals surface area contributed by atoms with Gasteiger partial charge in [0.25, 0.3) is 0 Å². The summed E-state index contributed by atoms with van der Waals surface area (Å²) >= 11 is 3.37. The smallest absolute Gasteiger partial charge is 0.160 e. The predicted molar refractivity (Wildman–Crippen MR) is 79.3 cm³/mol. The van der Waals surface area contributed by atoms with Crippen molar-refractivity contribution in [3.8, 4) is 5.75 Å². The van der Waals surface area contributed by atoms with Gasteiger partial charge in [-0.3, -0.25) is 4.79 Å². The lowest BCUT2D eigenvalue weighted by Gasteiger charge is -2.08. The largest absolute Gasteiger partial charge is 0.489 e. The van der Waals surface area contributed by atoms with Gasteiger partial charge in [0.2, 0.25) is 0 Å². The van der Waals surface area contributed by atoms with Crippen LogP contribution < -0.4 is 10.5 Å². The molecule has 0 heterocycles. The number of nitrogen functional groups attached to an aromatic ring is 1. The van der Waals surface area contributed by atoms with E-state index in [4.69, 9.17) is 10.5 Å². The fraction of sp³-hybridized carbons (Fsp3) is 0.133. The molecular formula is C15H14BrNO2. The van der Waals surface area contributed by atoms with Gasteiger partial charge in [0.05, 0.1) is 0 Å². The summed E-state index contributed by atoms with van der Waals surface area (Å²) in [6.07, 6.45) is 0. The van der Waals surface area contributed by atoms with Crippen LogP contribution in [0.4, 0.5) is 5.69 Å². The molecule has 2 rings (SSSR count). The SMILES string of the molecule is CC(=O)c1ccc(OCc2ccc(N)cc2)cc1Br. The maximum Gasteiger partial charge on any atom is 0.160 e. The van der Waals surface area contributed by atoms with Gasteiger partial charge in [0, 0.05) is 15.7 Å². The third-order valence-corrected chi connectivity index (χ3v) is 3.36. The first-order valence-electron chi connectivity index (χ1n) is 5.84. The molecule has 0 saturated carbocycles. The van der Waals surface area contributed by atoms with E-state index in [1.54, 1.807) is 18.2 Å². The van der Waals surface area contributed by atoms with Gasteiger partial charge in [-0.2, -0.15) is 0 Å². The molecule has 2 aromatic rings. The zero-order valence-corrected chi connectivity index (χ0v) is 12.1. The molecule has 0 aliphatic rings. The van der Waals surface area contributed by atoms with E-state index in [1.165, 1.54) is 6.92 Å². The van der Waals surface area contributed by atoms with Crippen molar-refractivity contribution in [2.24, 2.45) is 0 Å². The van der Waals surface area contributed by atoms with Gasteiger partial charge in [0.1, 0.15) is 12.4 Å². The number of anilines is 1. The molecule has 0 unspecified atom stereocenters. The van der Waals surface area contributed by atoms with E-state index in [-0.39, 0.29) is 5.78 Å². The summed E-state index contributed by atoms with van der Waals surface area (Å²) in [5, 5.41) is 0. The van der Waals surface area contributed by atoms with Crippen LogP contribution in [0.5, 0.6) is 5.75 Å². The van der Waals surface area contributed by atoms with Crippen molar-refractivity contribution < 1.29 is 9.53 Å². The third kappa shape index (κ3) is 3.58. The second-order valence-corrected chi connectivity index (χ2v) is 5.08. The Bertz CT molecular complexity index is 594. The Kier molecular flexibility index (Phi) is 4.22. The standard InChI is InChI=1S/C15H14BrNO2/c1-10(18)14-7-6-13(8-15(14)16)19-9-11-2-4-12(17)5-3-11/h2-8H,9,17H2,1H3. The number of rotatable bonds is 4. The molecule has 0 atom stereocenters. The van der Waals surface area contributed by atoms with Crippen LogP contribution in [0.2, 0.25) is 0 Å². The van der Waals surface area contributed by atoms with E-state index in [9.17, 15) is 4.79 Å². The highest BCUT2D eigenvalue weighted by Crippen LogP contribution is 2.24. The first-order chi connectivity index (χ1) is 9.06. The highest BCUT2D eigenvalue weighted by atomic mass is 79.9. The van der Waals surface area contributed by atoms with Crippen molar-refractivity contribution >= 4 is 27.4 Å². The second-order valence-electron chi connectivity index (χ2n) is 4.23. The number of benzene rings is 2. The Labute approximate surface area is 120 Å². The summed E-state index contributed by atoms with van der Waals surface area (Å²) in [5.41, 5.74) is 8.05. The average molecular weight is 320 g/mol. The minimum atomic E-state index is 0.0250. The number of ketones is 1. The molecule has 0 bridgehead atoms. The fourth-order valence-corrected chi connectivity index (χ4v) is 2.29. The van der Waals surface area contributed by atoms with Gasteiger partial charge < -0.3 is 10.5 Å². The molecule has 0 aliphatic heterocycles. The molecule has 0 fully saturated rings. The van der Waals surface area contributed by atoms with Gasteiger partial charge in [-0.05, 0) is 58.7 Å². The Morgan fingerprint density at radius 3 is 2.47 bits per heavy atom. The average Bonchev–Trinajstić information content (AvgIpc) is 2.37. The van der Waals surface area contributed by atoms with Crippen LogP contribution in [0.15, 0.2) is 46.9 Å². The molecule has 0 aromatic heterocycles. The number of ether oxygens (including phenoxy) is 1. The lowest BCUT2D eigenvalue weighted by Crippen LogP contribution is -1.98. The van der Waals surface area contributed by atoms with Gasteiger partial charge in [-0.15, -0.1) is 0 Å². The summed E-state index contributed by atoms with van der Waals surface area (Å²) in [5.74, 6) is 0.741. The predicted octanol–water partition coefficient (Wildman–Crippen LogP) is 3.81. The third-order valence-electron chi connectivity index (χ3n) is 2.71. The molecule has 4 heteroatoms. The minimum absolute atomic E-state index is 0.0250. The van der Waals surface area contributed by atoms with E-state index in [0.717, 1.165) is 15.7 Å². The van der Waals surface area contributed by atoms with Crippen molar-refractivity contribution in [2.75, 3.05) is 5.73 Å². The molecular weight excluding hydrogens is 306 g/mol. The van der Waals surface area contributed by atoms with Crippen molar-refractivity contribution in [2.45, 2.75) is 13.5 Å². The lowest BCUT2D eigenvalue weighted by atomic mass is 10.1. The van der Waals surface area contributed by atoms with Crippen LogP contribution in [0.1, 0.15) is 22.8 Å². The van der Waals surface area contributed by atoms with Gasteiger partial charge in [0.15, 0.2) is 5.78 Å². The normalized spacial score (nSPS) is 10.2. The minimum Gasteiger partial charge on any atom is -0.489 e. The zero-order chi connectivity index (χ0) is 13.8. The zero-order valence-electron chi connectivity index (χ0n) is 10.5. The molecule has 0 spiro atoms. The molecule has 0 radical (unpaired) electrons. The summed E-state index contributed by atoms with van der Waals surface area (Å²) < 4.78 is 6.41. The quantitative estimate of drug-likeness (QED) is 0.688. The molecule has 3 nitrogen and oxygen atoms in total. The van der Waals surface area contributed by atoms with Crippen LogP contribution >= 0.6 is 15.9 Å². The molecule has 19 heavy (non-hydrogen) atoms. The van der Waals surface area contributed by atoms with Crippen molar-refractivity contribution in [1.29, 1.82) is 0 Å². The van der Waals surface area contributed by atoms with Crippen molar-refractivity contribution in [1.82, 2.24) is 0 Å². The molecule has 98 valence electrons. The van der Waals surface area contributed by atoms with Crippen molar-refractivity contribution in [3.63, 3.8) is 0 Å². The summed E-state index contributed by atoms with van der Waals surface area (Å²) in [6, 6.07) is 12.9. The van der Waals surface area contributed by atoms with Gasteiger partial charge in [-0.1, -0.05) is 12.1 Å². The number of hydrogen-bond donors (Lipinski definition) is 1. The topological polar surface area (TPSA) is 52.3 Å². The monoisotopic (exact) mass is 319 g/mol. The van der Waals surface area contributed by atoms with Gasteiger partial charge in [-0.25, -0.2) is 0 Å². The van der Waals surface area contributed by atoms with E-state index >= 15 is 0 Å². The molecule has 0 aliphatic carbocycles. The van der Waals surface area contributed by atoms with E-state index in [1.807, 2.05) is 24.3 Å². The van der Waals surface area contributed by atoms with Crippen molar-refractivity contribution in [3.05, 3.63) is 58.1 Å². The van der Waals surface area contributed by atoms with Gasteiger partial charge >= 0.3 is 0 Å². The van der Waals surface area contributed by atoms with Crippen LogP contribution in [0, 0.1) is 0 Å². The highest BCUT2D eigenvalue weighted by Gasteiger charge is 2.06. The number of Topliss-reactive ketones (excluding diaryl/α,β-unsaturated/α-hetero) is 1.